The molecule has 0 saturated heterocycles. The zero-order valence-electron chi connectivity index (χ0n) is 11.0. The number of oxazole rings is 1. The molecule has 0 radical (unpaired) electrons. The van der Waals surface area contributed by atoms with E-state index in [-0.39, 0.29) is 0 Å². The number of anilines is 1. The highest BCUT2D eigenvalue weighted by Gasteiger charge is 2.15. The Labute approximate surface area is 119 Å². The van der Waals surface area contributed by atoms with Gasteiger partial charge in [0.1, 0.15) is 11.8 Å². The van der Waals surface area contributed by atoms with Crippen molar-refractivity contribution in [1.29, 1.82) is 0 Å². The van der Waals surface area contributed by atoms with E-state index in [0.717, 1.165) is 11.1 Å². The molecule has 3 rings (SSSR count). The second-order valence-corrected chi connectivity index (χ2v) is 4.80. The van der Waals surface area contributed by atoms with Crippen LogP contribution in [0.3, 0.4) is 0 Å². The van der Waals surface area contributed by atoms with Gasteiger partial charge in [0.25, 0.3) is 5.22 Å². The van der Waals surface area contributed by atoms with Gasteiger partial charge in [-0.05, 0) is 23.9 Å². The highest BCUT2D eigenvalue weighted by Crippen LogP contribution is 2.37. The number of hydrogen-bond donors (Lipinski definition) is 1. The van der Waals surface area contributed by atoms with Crippen molar-refractivity contribution in [3.8, 4) is 5.75 Å². The van der Waals surface area contributed by atoms with Crippen molar-refractivity contribution >= 4 is 28.7 Å². The molecule has 2 heterocycles. The summed E-state index contributed by atoms with van der Waals surface area (Å²) in [6.45, 7) is 0. The Morgan fingerprint density at radius 1 is 1.25 bits per heavy atom. The Morgan fingerprint density at radius 3 is 2.85 bits per heavy atom. The van der Waals surface area contributed by atoms with Gasteiger partial charge >= 0.3 is 0 Å². The molecule has 102 valence electrons. The van der Waals surface area contributed by atoms with Crippen LogP contribution in [0.4, 0.5) is 5.82 Å². The normalized spacial score (nSPS) is 10.7. The number of ether oxygens (including phenoxy) is 1. The molecule has 0 fully saturated rings. The van der Waals surface area contributed by atoms with Crippen LogP contribution in [0.1, 0.15) is 0 Å². The maximum absolute atomic E-state index is 5.66. The quantitative estimate of drug-likeness (QED) is 0.740. The molecular formula is C13H12N4O2S. The molecule has 0 aliphatic rings. The molecule has 0 bridgehead atoms. The third-order valence-corrected chi connectivity index (χ3v) is 3.50. The molecule has 6 nitrogen and oxygen atoms in total. The summed E-state index contributed by atoms with van der Waals surface area (Å²) >= 11 is 1.30. The number of nitrogens with zero attached hydrogens (tertiary/aromatic N) is 3. The van der Waals surface area contributed by atoms with E-state index in [2.05, 4.69) is 20.3 Å². The molecule has 1 N–H and O–H groups in total. The third-order valence-electron chi connectivity index (χ3n) is 2.67. The fourth-order valence-corrected chi connectivity index (χ4v) is 2.58. The van der Waals surface area contributed by atoms with Crippen LogP contribution in [-0.2, 0) is 0 Å². The van der Waals surface area contributed by atoms with Crippen molar-refractivity contribution in [3.05, 3.63) is 30.6 Å². The second-order valence-electron chi connectivity index (χ2n) is 3.86. The number of para-hydroxylation sites is 2. The van der Waals surface area contributed by atoms with Gasteiger partial charge in [-0.15, -0.1) is 0 Å². The second kappa shape index (κ2) is 5.38. The van der Waals surface area contributed by atoms with Crippen molar-refractivity contribution < 1.29 is 9.15 Å². The molecule has 20 heavy (non-hydrogen) atoms. The monoisotopic (exact) mass is 288 g/mol. The van der Waals surface area contributed by atoms with E-state index in [0.29, 0.717) is 21.8 Å². The summed E-state index contributed by atoms with van der Waals surface area (Å²) < 4.78 is 11.0. The Balaban J connectivity index is 1.98. The maximum Gasteiger partial charge on any atom is 0.263 e. The molecule has 2 aromatic heterocycles. The van der Waals surface area contributed by atoms with E-state index in [1.54, 1.807) is 14.2 Å². The Morgan fingerprint density at radius 2 is 2.10 bits per heavy atom. The first-order chi connectivity index (χ1) is 9.81. The number of fused-ring (bicyclic) bond motifs is 1. The van der Waals surface area contributed by atoms with Crippen LogP contribution in [0.5, 0.6) is 5.75 Å². The minimum Gasteiger partial charge on any atom is -0.490 e. The lowest BCUT2D eigenvalue weighted by molar-refractivity contribution is 0.400. The lowest BCUT2D eigenvalue weighted by atomic mass is 10.3. The molecule has 1 aromatic carbocycles. The molecule has 0 amide bonds. The highest BCUT2D eigenvalue weighted by molar-refractivity contribution is 7.99. The van der Waals surface area contributed by atoms with Gasteiger partial charge in [0.15, 0.2) is 22.2 Å². The van der Waals surface area contributed by atoms with Crippen LogP contribution in [0.15, 0.2) is 45.3 Å². The third kappa shape index (κ3) is 2.27. The topological polar surface area (TPSA) is 73.1 Å². The van der Waals surface area contributed by atoms with E-state index < -0.39 is 0 Å². The highest BCUT2D eigenvalue weighted by atomic mass is 32.2. The van der Waals surface area contributed by atoms with Crippen molar-refractivity contribution in [2.45, 2.75) is 10.2 Å². The Hall–Kier alpha value is -2.28. The number of rotatable bonds is 4. The van der Waals surface area contributed by atoms with Gasteiger partial charge in [-0.3, -0.25) is 0 Å². The molecule has 3 aromatic rings. The van der Waals surface area contributed by atoms with Gasteiger partial charge in [0.05, 0.1) is 7.11 Å². The average Bonchev–Trinajstić information content (AvgIpc) is 2.89. The lowest BCUT2D eigenvalue weighted by Gasteiger charge is -2.08. The number of benzene rings is 1. The number of hydrogen-bond acceptors (Lipinski definition) is 7. The van der Waals surface area contributed by atoms with Gasteiger partial charge < -0.3 is 14.5 Å². The van der Waals surface area contributed by atoms with Crippen molar-refractivity contribution in [3.63, 3.8) is 0 Å². The zero-order valence-corrected chi connectivity index (χ0v) is 11.8. The molecule has 7 heteroatoms. The van der Waals surface area contributed by atoms with Crippen molar-refractivity contribution in [1.82, 2.24) is 15.0 Å². The van der Waals surface area contributed by atoms with E-state index in [1.165, 1.54) is 18.1 Å². The smallest absolute Gasteiger partial charge is 0.263 e. The van der Waals surface area contributed by atoms with Crippen LogP contribution in [0.25, 0.3) is 11.1 Å². The van der Waals surface area contributed by atoms with E-state index in [9.17, 15) is 0 Å². The predicted octanol–water partition coefficient (Wildman–Crippen LogP) is 2.82. The summed E-state index contributed by atoms with van der Waals surface area (Å²) in [6, 6.07) is 7.61. The summed E-state index contributed by atoms with van der Waals surface area (Å²) in [7, 11) is 3.36. The molecule has 0 spiro atoms. The summed E-state index contributed by atoms with van der Waals surface area (Å²) in [5.74, 6) is 1.20. The summed E-state index contributed by atoms with van der Waals surface area (Å²) in [5.41, 5.74) is 1.56. The largest absolute Gasteiger partial charge is 0.490 e. The standard InChI is InChI=1S/C13H12N4O2S/c1-14-11-10(18-2)12(16-7-15-11)20-13-17-8-5-3-4-6-9(8)19-13/h3-7H,1-2H3,(H,14,15,16). The summed E-state index contributed by atoms with van der Waals surface area (Å²) in [5, 5.41) is 4.13. The van der Waals surface area contributed by atoms with E-state index in [1.807, 2.05) is 24.3 Å². The minimum absolute atomic E-state index is 0.519. The lowest BCUT2D eigenvalue weighted by Crippen LogP contribution is -1.99. The fraction of sp³-hybridized carbons (Fsp3) is 0.154. The number of nitrogens with one attached hydrogen (secondary N) is 1. The summed E-state index contributed by atoms with van der Waals surface area (Å²) in [4.78, 5) is 12.7. The molecule has 0 aliphatic heterocycles. The van der Waals surface area contributed by atoms with Crippen LogP contribution in [0, 0.1) is 0 Å². The van der Waals surface area contributed by atoms with Gasteiger partial charge in [0, 0.05) is 7.05 Å². The Kier molecular flexibility index (Phi) is 3.42. The first kappa shape index (κ1) is 12.7. The maximum atomic E-state index is 5.66. The van der Waals surface area contributed by atoms with Crippen molar-refractivity contribution in [2.24, 2.45) is 0 Å². The fourth-order valence-electron chi connectivity index (χ4n) is 1.77. The Bertz CT molecular complexity index is 711. The average molecular weight is 288 g/mol. The van der Waals surface area contributed by atoms with Gasteiger partial charge in [0.2, 0.25) is 0 Å². The number of aromatic nitrogens is 3. The first-order valence-corrected chi connectivity index (χ1v) is 6.73. The van der Waals surface area contributed by atoms with Gasteiger partial charge in [-0.2, -0.15) is 0 Å². The SMILES string of the molecule is CNc1ncnc(Sc2nc3ccccc3o2)c1OC. The van der Waals surface area contributed by atoms with Crippen LogP contribution in [-0.4, -0.2) is 29.1 Å². The molecule has 0 unspecified atom stereocenters. The molecule has 0 saturated carbocycles. The first-order valence-electron chi connectivity index (χ1n) is 5.92. The van der Waals surface area contributed by atoms with Crippen molar-refractivity contribution in [2.75, 3.05) is 19.5 Å². The molecule has 0 atom stereocenters. The molecular weight excluding hydrogens is 276 g/mol. The van der Waals surface area contributed by atoms with Crippen LogP contribution < -0.4 is 10.1 Å². The van der Waals surface area contributed by atoms with E-state index >= 15 is 0 Å². The van der Waals surface area contributed by atoms with Gasteiger partial charge in [-0.1, -0.05) is 12.1 Å². The minimum atomic E-state index is 0.519. The number of methoxy groups -OCH3 is 1. The van der Waals surface area contributed by atoms with E-state index in [4.69, 9.17) is 9.15 Å². The van der Waals surface area contributed by atoms with Gasteiger partial charge in [-0.25, -0.2) is 15.0 Å². The van der Waals surface area contributed by atoms with Crippen LogP contribution >= 0.6 is 11.8 Å². The predicted molar refractivity (Wildman–Crippen MR) is 76.3 cm³/mol. The molecule has 0 aliphatic carbocycles. The summed E-state index contributed by atoms with van der Waals surface area (Å²) in [6.07, 6.45) is 1.47. The van der Waals surface area contributed by atoms with Crippen LogP contribution in [0.2, 0.25) is 0 Å². The zero-order chi connectivity index (χ0) is 13.9.